The SMILES string of the molecule is Cl.O=C(Nc1nnc(C(F)F)s1)C1CC12CCNCC2. The maximum Gasteiger partial charge on any atom is 0.291 e. The van der Waals surface area contributed by atoms with Crippen molar-refractivity contribution in [2.24, 2.45) is 11.3 Å². The van der Waals surface area contributed by atoms with Crippen LogP contribution < -0.4 is 10.6 Å². The Morgan fingerprint density at radius 1 is 1.40 bits per heavy atom. The third-order valence-corrected chi connectivity index (χ3v) is 4.81. The average molecular weight is 325 g/mol. The van der Waals surface area contributed by atoms with E-state index in [1.807, 2.05) is 0 Å². The maximum atomic E-state index is 12.4. The first-order valence-corrected chi connectivity index (χ1v) is 7.05. The summed E-state index contributed by atoms with van der Waals surface area (Å²) in [6, 6.07) is 0. The van der Waals surface area contributed by atoms with Crippen molar-refractivity contribution in [2.45, 2.75) is 25.7 Å². The highest BCUT2D eigenvalue weighted by Crippen LogP contribution is 2.58. The van der Waals surface area contributed by atoms with Crippen LogP contribution in [0.2, 0.25) is 0 Å². The van der Waals surface area contributed by atoms with Crippen molar-refractivity contribution in [3.8, 4) is 0 Å². The first kappa shape index (κ1) is 15.5. The molecule has 1 aliphatic carbocycles. The van der Waals surface area contributed by atoms with Gasteiger partial charge in [-0.15, -0.1) is 22.6 Å². The van der Waals surface area contributed by atoms with Crippen LogP contribution in [0.4, 0.5) is 13.9 Å². The highest BCUT2D eigenvalue weighted by molar-refractivity contribution is 7.15. The zero-order chi connectivity index (χ0) is 13.5. The summed E-state index contributed by atoms with van der Waals surface area (Å²) < 4.78 is 24.7. The average Bonchev–Trinajstić information content (AvgIpc) is 2.86. The summed E-state index contributed by atoms with van der Waals surface area (Å²) in [6.45, 7) is 1.89. The van der Waals surface area contributed by atoms with E-state index in [0.717, 1.165) is 43.7 Å². The second-order valence-corrected chi connectivity index (χ2v) is 6.11. The number of rotatable bonds is 3. The number of halogens is 3. The molecule has 0 aromatic carbocycles. The van der Waals surface area contributed by atoms with Gasteiger partial charge >= 0.3 is 0 Å². The van der Waals surface area contributed by atoms with Crippen LogP contribution in [0.3, 0.4) is 0 Å². The third kappa shape index (κ3) is 2.91. The van der Waals surface area contributed by atoms with Crippen LogP contribution in [0.1, 0.15) is 30.7 Å². The molecule has 1 spiro atoms. The minimum Gasteiger partial charge on any atom is -0.317 e. The number of amides is 1. The molecular weight excluding hydrogens is 310 g/mol. The van der Waals surface area contributed by atoms with E-state index in [9.17, 15) is 13.6 Å². The number of alkyl halides is 2. The Morgan fingerprint density at radius 3 is 2.70 bits per heavy atom. The number of carbonyl (C=O) groups is 1. The number of hydrogen-bond donors (Lipinski definition) is 2. The number of anilines is 1. The highest BCUT2D eigenvalue weighted by atomic mass is 35.5. The van der Waals surface area contributed by atoms with E-state index in [0.29, 0.717) is 0 Å². The second-order valence-electron chi connectivity index (χ2n) is 5.10. The molecule has 1 aliphatic heterocycles. The monoisotopic (exact) mass is 324 g/mol. The summed E-state index contributed by atoms with van der Waals surface area (Å²) >= 11 is 0.733. The van der Waals surface area contributed by atoms with Crippen molar-refractivity contribution in [2.75, 3.05) is 18.4 Å². The van der Waals surface area contributed by atoms with Gasteiger partial charge in [0, 0.05) is 5.92 Å². The molecule has 2 N–H and O–H groups in total. The molecule has 0 radical (unpaired) electrons. The summed E-state index contributed by atoms with van der Waals surface area (Å²) in [7, 11) is 0. The smallest absolute Gasteiger partial charge is 0.291 e. The fraction of sp³-hybridized carbons (Fsp3) is 0.727. The Morgan fingerprint density at radius 2 is 2.10 bits per heavy atom. The lowest BCUT2D eigenvalue weighted by Crippen LogP contribution is -2.31. The predicted octanol–water partition coefficient (Wildman–Crippen LogP) is 2.23. The van der Waals surface area contributed by atoms with Gasteiger partial charge in [0.15, 0.2) is 5.01 Å². The van der Waals surface area contributed by atoms with E-state index < -0.39 is 6.43 Å². The molecule has 2 heterocycles. The Hall–Kier alpha value is -0.860. The van der Waals surface area contributed by atoms with Gasteiger partial charge in [-0.3, -0.25) is 4.79 Å². The lowest BCUT2D eigenvalue weighted by Gasteiger charge is -2.22. The molecule has 3 rings (SSSR count). The molecule has 1 amide bonds. The molecule has 2 aliphatic rings. The largest absolute Gasteiger partial charge is 0.317 e. The van der Waals surface area contributed by atoms with E-state index in [-0.39, 0.29) is 39.8 Å². The summed E-state index contributed by atoms with van der Waals surface area (Å²) in [5, 5.41) is 12.6. The molecule has 112 valence electrons. The molecule has 1 aromatic rings. The first-order chi connectivity index (χ1) is 9.11. The van der Waals surface area contributed by atoms with Crippen LogP contribution in [0.15, 0.2) is 0 Å². The molecule has 20 heavy (non-hydrogen) atoms. The molecule has 5 nitrogen and oxygen atoms in total. The number of hydrogen-bond acceptors (Lipinski definition) is 5. The lowest BCUT2D eigenvalue weighted by atomic mass is 9.92. The van der Waals surface area contributed by atoms with Gasteiger partial charge in [-0.05, 0) is 37.8 Å². The van der Waals surface area contributed by atoms with Gasteiger partial charge in [0.2, 0.25) is 11.0 Å². The summed E-state index contributed by atoms with van der Waals surface area (Å²) in [5.74, 6) is -0.118. The molecule has 1 aromatic heterocycles. The normalized spacial score (nSPS) is 23.4. The zero-order valence-corrected chi connectivity index (χ0v) is 12.2. The van der Waals surface area contributed by atoms with Crippen molar-refractivity contribution in [3.05, 3.63) is 5.01 Å². The van der Waals surface area contributed by atoms with E-state index in [1.165, 1.54) is 0 Å². The van der Waals surface area contributed by atoms with Crippen molar-refractivity contribution in [1.82, 2.24) is 15.5 Å². The van der Waals surface area contributed by atoms with Crippen molar-refractivity contribution in [3.63, 3.8) is 0 Å². The van der Waals surface area contributed by atoms with Gasteiger partial charge in [0.1, 0.15) is 0 Å². The highest BCUT2D eigenvalue weighted by Gasteiger charge is 2.57. The van der Waals surface area contributed by atoms with Crippen molar-refractivity contribution < 1.29 is 13.6 Å². The van der Waals surface area contributed by atoms with Gasteiger partial charge in [-0.2, -0.15) is 0 Å². The Bertz CT molecular complexity index is 493. The van der Waals surface area contributed by atoms with Gasteiger partial charge in [-0.25, -0.2) is 8.78 Å². The number of carbonyl (C=O) groups excluding carboxylic acids is 1. The lowest BCUT2D eigenvalue weighted by molar-refractivity contribution is -0.118. The summed E-state index contributed by atoms with van der Waals surface area (Å²) in [4.78, 5) is 12.0. The van der Waals surface area contributed by atoms with Crippen molar-refractivity contribution >= 4 is 34.8 Å². The molecule has 1 atom stereocenters. The van der Waals surface area contributed by atoms with E-state index in [2.05, 4.69) is 20.8 Å². The third-order valence-electron chi connectivity index (χ3n) is 3.96. The quantitative estimate of drug-likeness (QED) is 0.894. The minimum atomic E-state index is -2.64. The van der Waals surface area contributed by atoms with Crippen LogP contribution in [-0.2, 0) is 4.79 Å². The minimum absolute atomic E-state index is 0. The van der Waals surface area contributed by atoms with Crippen LogP contribution in [0, 0.1) is 11.3 Å². The molecule has 1 unspecified atom stereocenters. The predicted molar refractivity (Wildman–Crippen MR) is 73.4 cm³/mol. The van der Waals surface area contributed by atoms with Crippen LogP contribution >= 0.6 is 23.7 Å². The van der Waals surface area contributed by atoms with Gasteiger partial charge in [-0.1, -0.05) is 11.3 Å². The van der Waals surface area contributed by atoms with Crippen molar-refractivity contribution in [1.29, 1.82) is 0 Å². The van der Waals surface area contributed by atoms with E-state index >= 15 is 0 Å². The number of aromatic nitrogens is 2. The Kier molecular flexibility index (Phi) is 4.55. The standard InChI is InChI=1S/C11H14F2N4OS.ClH/c12-7(13)9-16-17-10(19-9)15-8(18)6-5-11(6)1-3-14-4-2-11;/h6-7,14H,1-5H2,(H,15,17,18);1H. The number of nitrogens with zero attached hydrogens (tertiary/aromatic N) is 2. The number of nitrogens with one attached hydrogen (secondary N) is 2. The van der Waals surface area contributed by atoms with Crippen LogP contribution in [0.5, 0.6) is 0 Å². The Labute approximate surface area is 124 Å². The van der Waals surface area contributed by atoms with E-state index in [4.69, 9.17) is 0 Å². The van der Waals surface area contributed by atoms with E-state index in [1.54, 1.807) is 0 Å². The zero-order valence-electron chi connectivity index (χ0n) is 10.6. The first-order valence-electron chi connectivity index (χ1n) is 6.24. The van der Waals surface area contributed by atoms with Gasteiger partial charge in [0.05, 0.1) is 0 Å². The van der Waals surface area contributed by atoms with Gasteiger partial charge < -0.3 is 10.6 Å². The Balaban J connectivity index is 0.00000147. The molecular formula is C11H15ClF2N4OS. The fourth-order valence-corrected chi connectivity index (χ4v) is 3.36. The molecule has 1 saturated carbocycles. The topological polar surface area (TPSA) is 66.9 Å². The second kappa shape index (κ2) is 5.87. The maximum absolute atomic E-state index is 12.4. The number of piperidine rings is 1. The fourth-order valence-electron chi connectivity index (χ4n) is 2.76. The van der Waals surface area contributed by atoms with Crippen LogP contribution in [0.25, 0.3) is 0 Å². The summed E-state index contributed by atoms with van der Waals surface area (Å²) in [5.41, 5.74) is 0.131. The molecule has 1 saturated heterocycles. The van der Waals surface area contributed by atoms with Crippen LogP contribution in [-0.4, -0.2) is 29.2 Å². The molecule has 0 bridgehead atoms. The molecule has 2 fully saturated rings. The van der Waals surface area contributed by atoms with Gasteiger partial charge in [0.25, 0.3) is 6.43 Å². The summed E-state index contributed by atoms with van der Waals surface area (Å²) in [6.07, 6.45) is 0.258. The molecule has 9 heteroatoms.